The normalized spacial score (nSPS) is 10.4. The number of hydrogen-bond donors (Lipinski definition) is 1. The van der Waals surface area contributed by atoms with Crippen LogP contribution in [0.3, 0.4) is 0 Å². The number of nitrogens with one attached hydrogen (secondary N) is 1. The van der Waals surface area contributed by atoms with Gasteiger partial charge < -0.3 is 14.8 Å². The van der Waals surface area contributed by atoms with Gasteiger partial charge >= 0.3 is 0 Å². The highest BCUT2D eigenvalue weighted by molar-refractivity contribution is 7.99. The van der Waals surface area contributed by atoms with Gasteiger partial charge in [0.15, 0.2) is 0 Å². The number of aromatic nitrogens is 4. The topological polar surface area (TPSA) is 91.2 Å². The van der Waals surface area contributed by atoms with Crippen molar-refractivity contribution in [3.8, 4) is 11.5 Å². The summed E-state index contributed by atoms with van der Waals surface area (Å²) in [5.74, 6) is 1.30. The van der Waals surface area contributed by atoms with E-state index in [1.165, 1.54) is 16.4 Å². The van der Waals surface area contributed by atoms with Crippen molar-refractivity contribution < 1.29 is 14.3 Å². The van der Waals surface area contributed by atoms with Crippen LogP contribution >= 0.6 is 11.8 Å². The predicted octanol–water partition coefficient (Wildman–Crippen LogP) is 1.74. The molecule has 0 fully saturated rings. The fourth-order valence-corrected chi connectivity index (χ4v) is 2.45. The van der Waals surface area contributed by atoms with Crippen molar-refractivity contribution >= 4 is 23.4 Å². The minimum Gasteiger partial charge on any atom is -0.494 e. The van der Waals surface area contributed by atoms with Gasteiger partial charge in [0.1, 0.15) is 11.5 Å². The molecule has 0 aliphatic heterocycles. The minimum atomic E-state index is -0.174. The zero-order valence-corrected chi connectivity index (χ0v) is 14.1. The standard InChI is InChI=1S/C14H19N5O3S/c1-4-21-10-6-7-12(22-5-2)11(8-10)15-13(20)9-23-14-16-17-18-19(14)3/h6-8H,4-5,9H2,1-3H3,(H,15,20). The van der Waals surface area contributed by atoms with Crippen molar-refractivity contribution in [2.45, 2.75) is 19.0 Å². The van der Waals surface area contributed by atoms with E-state index in [0.29, 0.717) is 35.6 Å². The lowest BCUT2D eigenvalue weighted by Crippen LogP contribution is -2.15. The van der Waals surface area contributed by atoms with E-state index in [4.69, 9.17) is 9.47 Å². The third-order valence-electron chi connectivity index (χ3n) is 2.75. The Hall–Kier alpha value is -2.29. The largest absolute Gasteiger partial charge is 0.494 e. The molecule has 0 spiro atoms. The van der Waals surface area contributed by atoms with Gasteiger partial charge in [0.05, 0.1) is 24.7 Å². The molecule has 2 aromatic rings. The molecule has 2 rings (SSSR count). The van der Waals surface area contributed by atoms with Gasteiger partial charge in [0, 0.05) is 13.1 Å². The molecule has 0 atom stereocenters. The van der Waals surface area contributed by atoms with Gasteiger partial charge in [-0.15, -0.1) is 5.10 Å². The smallest absolute Gasteiger partial charge is 0.234 e. The van der Waals surface area contributed by atoms with E-state index in [2.05, 4.69) is 20.8 Å². The molecule has 8 nitrogen and oxygen atoms in total. The Morgan fingerprint density at radius 1 is 1.30 bits per heavy atom. The van der Waals surface area contributed by atoms with E-state index in [1.807, 2.05) is 19.9 Å². The number of nitrogens with zero attached hydrogens (tertiary/aromatic N) is 4. The number of carbonyl (C=O) groups excluding carboxylic acids is 1. The van der Waals surface area contributed by atoms with Crippen LogP contribution in [0.25, 0.3) is 0 Å². The lowest BCUT2D eigenvalue weighted by molar-refractivity contribution is -0.113. The number of hydrogen-bond acceptors (Lipinski definition) is 7. The molecule has 1 aromatic carbocycles. The Morgan fingerprint density at radius 3 is 2.74 bits per heavy atom. The van der Waals surface area contributed by atoms with Crippen molar-refractivity contribution in [3.05, 3.63) is 18.2 Å². The number of rotatable bonds is 8. The van der Waals surface area contributed by atoms with Crippen molar-refractivity contribution in [2.75, 3.05) is 24.3 Å². The van der Waals surface area contributed by atoms with Gasteiger partial charge in [-0.1, -0.05) is 11.8 Å². The average Bonchev–Trinajstić information content (AvgIpc) is 2.93. The third kappa shape index (κ3) is 4.85. The van der Waals surface area contributed by atoms with E-state index >= 15 is 0 Å². The highest BCUT2D eigenvalue weighted by atomic mass is 32.2. The van der Waals surface area contributed by atoms with Crippen LogP contribution in [0.15, 0.2) is 23.4 Å². The summed E-state index contributed by atoms with van der Waals surface area (Å²) in [5, 5.41) is 14.5. The molecule has 0 saturated carbocycles. The maximum absolute atomic E-state index is 12.1. The second-order valence-corrected chi connectivity index (χ2v) is 5.39. The van der Waals surface area contributed by atoms with Gasteiger partial charge in [-0.3, -0.25) is 4.79 Å². The van der Waals surface area contributed by atoms with Crippen LogP contribution in [0.5, 0.6) is 11.5 Å². The monoisotopic (exact) mass is 337 g/mol. The number of ether oxygens (including phenoxy) is 2. The first kappa shape index (κ1) is 17.1. The molecule has 0 radical (unpaired) electrons. The lowest BCUT2D eigenvalue weighted by Gasteiger charge is -2.13. The van der Waals surface area contributed by atoms with Gasteiger partial charge in [0.2, 0.25) is 11.1 Å². The molecule has 0 saturated heterocycles. The van der Waals surface area contributed by atoms with E-state index < -0.39 is 0 Å². The maximum atomic E-state index is 12.1. The molecular formula is C14H19N5O3S. The molecule has 0 aliphatic carbocycles. The zero-order valence-electron chi connectivity index (χ0n) is 13.3. The quantitative estimate of drug-likeness (QED) is 0.734. The van der Waals surface area contributed by atoms with Crippen LogP contribution in [0.4, 0.5) is 5.69 Å². The van der Waals surface area contributed by atoms with Crippen molar-refractivity contribution in [1.29, 1.82) is 0 Å². The number of tetrazole rings is 1. The number of anilines is 1. The van der Waals surface area contributed by atoms with Gasteiger partial charge in [0.25, 0.3) is 0 Å². The summed E-state index contributed by atoms with van der Waals surface area (Å²) in [6.07, 6.45) is 0. The number of aryl methyl sites for hydroxylation is 1. The second-order valence-electron chi connectivity index (χ2n) is 4.45. The summed E-state index contributed by atoms with van der Waals surface area (Å²) in [7, 11) is 1.72. The summed E-state index contributed by atoms with van der Waals surface area (Å²) in [5.41, 5.74) is 0.583. The maximum Gasteiger partial charge on any atom is 0.234 e. The fraction of sp³-hybridized carbons (Fsp3) is 0.429. The van der Waals surface area contributed by atoms with E-state index in [0.717, 1.165) is 0 Å². The molecule has 124 valence electrons. The molecule has 0 aliphatic rings. The van der Waals surface area contributed by atoms with Crippen LogP contribution in [0.1, 0.15) is 13.8 Å². The SMILES string of the molecule is CCOc1ccc(OCC)c(NC(=O)CSc2nnnn2C)c1. The second kappa shape index (κ2) is 8.37. The lowest BCUT2D eigenvalue weighted by atomic mass is 10.2. The zero-order chi connectivity index (χ0) is 16.7. The predicted molar refractivity (Wildman–Crippen MR) is 86.9 cm³/mol. The van der Waals surface area contributed by atoms with Crippen LogP contribution < -0.4 is 14.8 Å². The number of benzene rings is 1. The summed E-state index contributed by atoms with van der Waals surface area (Å²) < 4.78 is 12.5. The number of thioether (sulfide) groups is 1. The van der Waals surface area contributed by atoms with Gasteiger partial charge in [-0.2, -0.15) is 0 Å². The molecule has 1 amide bonds. The first-order chi connectivity index (χ1) is 11.1. The van der Waals surface area contributed by atoms with Crippen molar-refractivity contribution in [1.82, 2.24) is 20.2 Å². The van der Waals surface area contributed by atoms with Crippen molar-refractivity contribution in [2.24, 2.45) is 7.05 Å². The number of amides is 1. The Morgan fingerprint density at radius 2 is 2.09 bits per heavy atom. The van der Waals surface area contributed by atoms with Crippen LogP contribution in [0, 0.1) is 0 Å². The highest BCUT2D eigenvalue weighted by Crippen LogP contribution is 2.29. The Labute approximate surface area is 138 Å². The molecule has 9 heteroatoms. The summed E-state index contributed by atoms with van der Waals surface area (Å²) in [4.78, 5) is 12.1. The Balaban J connectivity index is 2.02. The Bertz CT molecular complexity index is 662. The molecule has 1 aromatic heterocycles. The van der Waals surface area contributed by atoms with Gasteiger partial charge in [-0.05, 0) is 36.4 Å². The van der Waals surface area contributed by atoms with Gasteiger partial charge in [-0.25, -0.2) is 4.68 Å². The molecule has 0 unspecified atom stereocenters. The molecule has 1 heterocycles. The molecule has 0 bridgehead atoms. The van der Waals surface area contributed by atoms with Crippen LogP contribution in [-0.4, -0.2) is 45.1 Å². The first-order valence-corrected chi connectivity index (χ1v) is 8.17. The highest BCUT2D eigenvalue weighted by Gasteiger charge is 2.12. The summed E-state index contributed by atoms with van der Waals surface area (Å²) >= 11 is 1.26. The third-order valence-corrected chi connectivity index (χ3v) is 3.76. The summed E-state index contributed by atoms with van der Waals surface area (Å²) in [6.45, 7) is 4.85. The van der Waals surface area contributed by atoms with E-state index in [9.17, 15) is 4.79 Å². The Kier molecular flexibility index (Phi) is 6.21. The van der Waals surface area contributed by atoms with E-state index in [1.54, 1.807) is 19.2 Å². The average molecular weight is 337 g/mol. The van der Waals surface area contributed by atoms with Crippen LogP contribution in [0.2, 0.25) is 0 Å². The molecular weight excluding hydrogens is 318 g/mol. The van der Waals surface area contributed by atoms with E-state index in [-0.39, 0.29) is 11.7 Å². The number of carbonyl (C=O) groups is 1. The molecule has 23 heavy (non-hydrogen) atoms. The molecule has 1 N–H and O–H groups in total. The van der Waals surface area contributed by atoms with Crippen molar-refractivity contribution in [3.63, 3.8) is 0 Å². The fourth-order valence-electron chi connectivity index (χ4n) is 1.80. The summed E-state index contributed by atoms with van der Waals surface area (Å²) in [6, 6.07) is 5.34. The van der Waals surface area contributed by atoms with Crippen LogP contribution in [-0.2, 0) is 11.8 Å². The minimum absolute atomic E-state index is 0.174. The first-order valence-electron chi connectivity index (χ1n) is 7.18.